The Morgan fingerprint density at radius 1 is 1.16 bits per heavy atom. The first-order valence-electron chi connectivity index (χ1n) is 7.34. The summed E-state index contributed by atoms with van der Waals surface area (Å²) >= 11 is 0. The average molecular weight is 258 g/mol. The van der Waals surface area contributed by atoms with Gasteiger partial charge in [0.15, 0.2) is 0 Å². The molecule has 2 aliphatic carbocycles. The minimum atomic E-state index is -0.107. The van der Waals surface area contributed by atoms with Crippen molar-refractivity contribution in [2.24, 2.45) is 23.5 Å². The van der Waals surface area contributed by atoms with E-state index >= 15 is 0 Å². The molecule has 1 aromatic carbocycles. The largest absolute Gasteiger partial charge is 0.354 e. The van der Waals surface area contributed by atoms with Crippen LogP contribution in [0.4, 0.5) is 0 Å². The third-order valence-electron chi connectivity index (χ3n) is 4.29. The Labute approximate surface area is 114 Å². The van der Waals surface area contributed by atoms with Crippen molar-refractivity contribution in [1.82, 2.24) is 5.32 Å². The predicted octanol–water partition coefficient (Wildman–Crippen LogP) is 2.24. The number of carbonyl (C=O) groups is 1. The van der Waals surface area contributed by atoms with E-state index in [4.69, 9.17) is 5.73 Å². The summed E-state index contributed by atoms with van der Waals surface area (Å²) in [6.45, 7) is 0.540. The minimum Gasteiger partial charge on any atom is -0.354 e. The van der Waals surface area contributed by atoms with Gasteiger partial charge in [0.25, 0.3) is 0 Å². The molecular weight excluding hydrogens is 236 g/mol. The normalized spacial score (nSPS) is 20.3. The minimum absolute atomic E-state index is 0.107. The number of rotatable bonds is 6. The first-order valence-corrected chi connectivity index (χ1v) is 7.34. The van der Waals surface area contributed by atoms with Crippen LogP contribution >= 0.6 is 0 Å². The number of amides is 1. The van der Waals surface area contributed by atoms with E-state index in [0.717, 1.165) is 5.56 Å². The van der Waals surface area contributed by atoms with Crippen molar-refractivity contribution in [3.63, 3.8) is 0 Å². The van der Waals surface area contributed by atoms with Crippen LogP contribution in [0.25, 0.3) is 0 Å². The van der Waals surface area contributed by atoms with Crippen LogP contribution in [0.15, 0.2) is 30.3 Å². The molecule has 19 heavy (non-hydrogen) atoms. The summed E-state index contributed by atoms with van der Waals surface area (Å²) in [5, 5.41) is 3.06. The first kappa shape index (κ1) is 12.7. The van der Waals surface area contributed by atoms with E-state index in [2.05, 4.69) is 5.32 Å². The number of hydrogen-bond acceptors (Lipinski definition) is 2. The SMILES string of the molecule is NC(CNC(=O)C(C1CC1)C1CC1)c1ccccc1. The lowest BCUT2D eigenvalue weighted by atomic mass is 9.96. The van der Waals surface area contributed by atoms with E-state index in [1.807, 2.05) is 30.3 Å². The Morgan fingerprint density at radius 3 is 2.26 bits per heavy atom. The van der Waals surface area contributed by atoms with Crippen LogP contribution in [0.2, 0.25) is 0 Å². The van der Waals surface area contributed by atoms with Gasteiger partial charge in [-0.3, -0.25) is 4.79 Å². The van der Waals surface area contributed by atoms with Gasteiger partial charge in [-0.2, -0.15) is 0 Å². The average Bonchev–Trinajstić information content (AvgIpc) is 3.31. The highest BCUT2D eigenvalue weighted by Crippen LogP contribution is 2.49. The van der Waals surface area contributed by atoms with E-state index in [1.54, 1.807) is 0 Å². The molecule has 0 aromatic heterocycles. The molecule has 1 unspecified atom stereocenters. The third-order valence-corrected chi connectivity index (χ3v) is 4.29. The van der Waals surface area contributed by atoms with Gasteiger partial charge < -0.3 is 11.1 Å². The Morgan fingerprint density at radius 2 is 1.74 bits per heavy atom. The summed E-state index contributed by atoms with van der Waals surface area (Å²) in [6.07, 6.45) is 4.94. The Kier molecular flexibility index (Phi) is 3.56. The van der Waals surface area contributed by atoms with Crippen LogP contribution in [0.3, 0.4) is 0 Å². The maximum Gasteiger partial charge on any atom is 0.223 e. The molecule has 3 heteroatoms. The van der Waals surface area contributed by atoms with Crippen molar-refractivity contribution in [2.75, 3.05) is 6.54 Å². The summed E-state index contributed by atoms with van der Waals surface area (Å²) < 4.78 is 0. The van der Waals surface area contributed by atoms with Crippen LogP contribution in [0.5, 0.6) is 0 Å². The van der Waals surface area contributed by atoms with Crippen molar-refractivity contribution >= 4 is 5.91 Å². The van der Waals surface area contributed by atoms with Crippen LogP contribution in [0, 0.1) is 17.8 Å². The molecule has 0 saturated heterocycles. The first-order chi connectivity index (χ1) is 9.25. The molecule has 0 radical (unpaired) electrons. The number of benzene rings is 1. The molecule has 3 rings (SSSR count). The van der Waals surface area contributed by atoms with E-state index in [0.29, 0.717) is 18.4 Å². The van der Waals surface area contributed by atoms with E-state index in [1.165, 1.54) is 25.7 Å². The highest BCUT2D eigenvalue weighted by atomic mass is 16.1. The number of nitrogens with two attached hydrogens (primary N) is 1. The van der Waals surface area contributed by atoms with Gasteiger partial charge in [0.1, 0.15) is 0 Å². The zero-order chi connectivity index (χ0) is 13.2. The van der Waals surface area contributed by atoms with Gasteiger partial charge in [-0.15, -0.1) is 0 Å². The van der Waals surface area contributed by atoms with Crippen LogP contribution in [0.1, 0.15) is 37.3 Å². The molecule has 1 aromatic rings. The van der Waals surface area contributed by atoms with E-state index in [9.17, 15) is 4.79 Å². The smallest absolute Gasteiger partial charge is 0.223 e. The molecule has 3 N–H and O–H groups in total. The summed E-state index contributed by atoms with van der Waals surface area (Å²) in [6, 6.07) is 9.85. The number of nitrogens with one attached hydrogen (secondary N) is 1. The molecule has 0 bridgehead atoms. The van der Waals surface area contributed by atoms with Crippen molar-refractivity contribution in [3.8, 4) is 0 Å². The van der Waals surface area contributed by atoms with Gasteiger partial charge in [0.05, 0.1) is 0 Å². The molecule has 3 nitrogen and oxygen atoms in total. The fraction of sp³-hybridized carbons (Fsp3) is 0.562. The maximum absolute atomic E-state index is 12.3. The van der Waals surface area contributed by atoms with Crippen molar-refractivity contribution in [2.45, 2.75) is 31.7 Å². The van der Waals surface area contributed by atoms with Crippen molar-refractivity contribution in [3.05, 3.63) is 35.9 Å². The second-order valence-corrected chi connectivity index (χ2v) is 5.96. The second kappa shape index (κ2) is 5.33. The van der Waals surface area contributed by atoms with Crippen molar-refractivity contribution < 1.29 is 4.79 Å². The predicted molar refractivity (Wildman–Crippen MR) is 75.3 cm³/mol. The molecule has 1 amide bonds. The summed E-state index contributed by atoms with van der Waals surface area (Å²) in [7, 11) is 0. The van der Waals surface area contributed by atoms with Gasteiger partial charge >= 0.3 is 0 Å². The number of carbonyl (C=O) groups excluding carboxylic acids is 1. The standard InChI is InChI=1S/C16H22N2O/c17-14(11-4-2-1-3-5-11)10-18-16(19)15(12-6-7-12)13-8-9-13/h1-5,12-15H,6-10,17H2,(H,18,19). The molecule has 0 aliphatic heterocycles. The molecule has 0 heterocycles. The monoisotopic (exact) mass is 258 g/mol. The van der Waals surface area contributed by atoms with E-state index in [-0.39, 0.29) is 17.9 Å². The highest BCUT2D eigenvalue weighted by Gasteiger charge is 2.45. The summed E-state index contributed by atoms with van der Waals surface area (Å²) in [4.78, 5) is 12.3. The molecule has 1 atom stereocenters. The lowest BCUT2D eigenvalue weighted by Crippen LogP contribution is -2.37. The Hall–Kier alpha value is -1.35. The molecular formula is C16H22N2O. The number of hydrogen-bond donors (Lipinski definition) is 2. The molecule has 2 fully saturated rings. The highest BCUT2D eigenvalue weighted by molar-refractivity contribution is 5.80. The van der Waals surface area contributed by atoms with Crippen LogP contribution < -0.4 is 11.1 Å². The summed E-state index contributed by atoms with van der Waals surface area (Å²) in [5.41, 5.74) is 7.19. The fourth-order valence-corrected chi connectivity index (χ4v) is 2.87. The topological polar surface area (TPSA) is 55.1 Å². The zero-order valence-electron chi connectivity index (χ0n) is 11.2. The van der Waals surface area contributed by atoms with Gasteiger partial charge in [0, 0.05) is 18.5 Å². The van der Waals surface area contributed by atoms with Crippen molar-refractivity contribution in [1.29, 1.82) is 0 Å². The quantitative estimate of drug-likeness (QED) is 0.822. The third kappa shape index (κ3) is 3.16. The molecule has 0 spiro atoms. The lowest BCUT2D eigenvalue weighted by Gasteiger charge is -2.18. The second-order valence-electron chi connectivity index (χ2n) is 5.96. The van der Waals surface area contributed by atoms with Gasteiger partial charge in [0.2, 0.25) is 5.91 Å². The summed E-state index contributed by atoms with van der Waals surface area (Å²) in [5.74, 6) is 1.81. The lowest BCUT2D eigenvalue weighted by molar-refractivity contribution is -0.126. The molecule has 2 saturated carbocycles. The van der Waals surface area contributed by atoms with Gasteiger partial charge in [-0.25, -0.2) is 0 Å². The van der Waals surface area contributed by atoms with Crippen LogP contribution in [-0.2, 0) is 4.79 Å². The van der Waals surface area contributed by atoms with E-state index < -0.39 is 0 Å². The van der Waals surface area contributed by atoms with Gasteiger partial charge in [-0.1, -0.05) is 30.3 Å². The van der Waals surface area contributed by atoms with Crippen LogP contribution in [-0.4, -0.2) is 12.5 Å². The zero-order valence-corrected chi connectivity index (χ0v) is 11.2. The van der Waals surface area contributed by atoms with Gasteiger partial charge in [-0.05, 0) is 43.1 Å². The fourth-order valence-electron chi connectivity index (χ4n) is 2.87. The molecule has 102 valence electrons. The Bertz CT molecular complexity index is 425. The maximum atomic E-state index is 12.3. The molecule has 2 aliphatic rings. The Balaban J connectivity index is 1.52.